The SMILES string of the molecule is CCCC[C@H](N)C(=O)NCc1cc(Br)ccc1F. The molecule has 100 valence electrons. The number of nitrogens with two attached hydrogens (primary N) is 1. The minimum atomic E-state index is -0.514. The van der Waals surface area contributed by atoms with E-state index < -0.39 is 6.04 Å². The molecule has 0 aromatic heterocycles. The molecule has 0 aliphatic carbocycles. The van der Waals surface area contributed by atoms with E-state index in [1.807, 2.05) is 6.92 Å². The maximum absolute atomic E-state index is 13.4. The van der Waals surface area contributed by atoms with E-state index >= 15 is 0 Å². The van der Waals surface area contributed by atoms with Gasteiger partial charge in [-0.2, -0.15) is 0 Å². The molecule has 0 heterocycles. The molecule has 0 radical (unpaired) electrons. The molecule has 3 nitrogen and oxygen atoms in total. The molecule has 3 N–H and O–H groups in total. The van der Waals surface area contributed by atoms with Crippen molar-refractivity contribution in [2.45, 2.75) is 38.8 Å². The van der Waals surface area contributed by atoms with Crippen molar-refractivity contribution in [1.29, 1.82) is 0 Å². The molecule has 1 amide bonds. The van der Waals surface area contributed by atoms with Gasteiger partial charge in [0.2, 0.25) is 5.91 Å². The lowest BCUT2D eigenvalue weighted by Gasteiger charge is -2.12. The summed E-state index contributed by atoms with van der Waals surface area (Å²) in [6.07, 6.45) is 2.57. The summed E-state index contributed by atoms with van der Waals surface area (Å²) >= 11 is 3.26. The monoisotopic (exact) mass is 316 g/mol. The Labute approximate surface area is 115 Å². The molecule has 0 spiro atoms. The molecule has 0 unspecified atom stereocenters. The summed E-state index contributed by atoms with van der Waals surface area (Å²) in [5, 5.41) is 2.65. The predicted molar refractivity (Wildman–Crippen MR) is 73.4 cm³/mol. The number of nitrogens with one attached hydrogen (secondary N) is 1. The highest BCUT2D eigenvalue weighted by molar-refractivity contribution is 9.10. The van der Waals surface area contributed by atoms with E-state index in [1.165, 1.54) is 6.07 Å². The summed E-state index contributed by atoms with van der Waals surface area (Å²) in [4.78, 5) is 11.6. The Morgan fingerprint density at radius 1 is 1.56 bits per heavy atom. The van der Waals surface area contributed by atoms with Crippen LogP contribution < -0.4 is 11.1 Å². The number of unbranched alkanes of at least 4 members (excludes halogenated alkanes) is 1. The average molecular weight is 317 g/mol. The van der Waals surface area contributed by atoms with Crippen molar-refractivity contribution in [2.24, 2.45) is 5.73 Å². The van der Waals surface area contributed by atoms with Crippen molar-refractivity contribution in [1.82, 2.24) is 5.32 Å². The Balaban J connectivity index is 2.49. The summed E-state index contributed by atoms with van der Waals surface area (Å²) in [5.74, 6) is -0.566. The summed E-state index contributed by atoms with van der Waals surface area (Å²) in [5.41, 5.74) is 6.17. The Bertz CT molecular complexity index is 412. The van der Waals surface area contributed by atoms with Gasteiger partial charge < -0.3 is 11.1 Å². The van der Waals surface area contributed by atoms with Crippen molar-refractivity contribution < 1.29 is 9.18 Å². The fraction of sp³-hybridized carbons (Fsp3) is 0.462. The first-order valence-corrected chi connectivity index (χ1v) is 6.81. The van der Waals surface area contributed by atoms with Crippen molar-refractivity contribution >= 4 is 21.8 Å². The van der Waals surface area contributed by atoms with Gasteiger partial charge in [0.05, 0.1) is 6.04 Å². The second-order valence-electron chi connectivity index (χ2n) is 4.20. The number of hydrogen-bond acceptors (Lipinski definition) is 2. The maximum atomic E-state index is 13.4. The van der Waals surface area contributed by atoms with Crippen LogP contribution >= 0.6 is 15.9 Å². The van der Waals surface area contributed by atoms with E-state index in [1.54, 1.807) is 12.1 Å². The Kier molecular flexibility index (Phi) is 6.29. The molecule has 0 fully saturated rings. The molecular formula is C13H18BrFN2O. The molecular weight excluding hydrogens is 299 g/mol. The lowest BCUT2D eigenvalue weighted by molar-refractivity contribution is -0.122. The van der Waals surface area contributed by atoms with Crippen LogP contribution in [0.2, 0.25) is 0 Å². The highest BCUT2D eigenvalue weighted by Crippen LogP contribution is 2.15. The van der Waals surface area contributed by atoms with Crippen LogP contribution in [0.15, 0.2) is 22.7 Å². The first kappa shape index (κ1) is 15.1. The van der Waals surface area contributed by atoms with Crippen LogP contribution in [-0.2, 0) is 11.3 Å². The van der Waals surface area contributed by atoms with Crippen molar-refractivity contribution in [3.63, 3.8) is 0 Å². The van der Waals surface area contributed by atoms with Crippen LogP contribution in [0.3, 0.4) is 0 Å². The van der Waals surface area contributed by atoms with E-state index in [2.05, 4.69) is 21.2 Å². The highest BCUT2D eigenvalue weighted by atomic mass is 79.9. The molecule has 0 bridgehead atoms. The molecule has 1 aromatic carbocycles. The molecule has 1 aromatic rings. The van der Waals surface area contributed by atoms with Gasteiger partial charge in [-0.15, -0.1) is 0 Å². The van der Waals surface area contributed by atoms with Gasteiger partial charge in [-0.05, 0) is 24.6 Å². The fourth-order valence-electron chi connectivity index (χ4n) is 1.55. The van der Waals surface area contributed by atoms with Crippen LogP contribution in [0.1, 0.15) is 31.7 Å². The third kappa shape index (κ3) is 4.74. The van der Waals surface area contributed by atoms with E-state index in [0.29, 0.717) is 12.0 Å². The topological polar surface area (TPSA) is 55.1 Å². The predicted octanol–water partition coefficient (Wildman–Crippen LogP) is 2.72. The first-order valence-electron chi connectivity index (χ1n) is 6.01. The van der Waals surface area contributed by atoms with Crippen molar-refractivity contribution in [3.8, 4) is 0 Å². The van der Waals surface area contributed by atoms with Crippen LogP contribution in [0.25, 0.3) is 0 Å². The van der Waals surface area contributed by atoms with Gasteiger partial charge in [0, 0.05) is 16.6 Å². The lowest BCUT2D eigenvalue weighted by Crippen LogP contribution is -2.40. The summed E-state index contributed by atoms with van der Waals surface area (Å²) in [6.45, 7) is 2.20. The minimum absolute atomic E-state index is 0.157. The summed E-state index contributed by atoms with van der Waals surface area (Å²) in [7, 11) is 0. The maximum Gasteiger partial charge on any atom is 0.237 e. The standard InChI is InChI=1S/C13H18BrFN2O/c1-2-3-4-12(16)13(18)17-8-9-7-10(14)5-6-11(9)15/h5-7,12H,2-4,8,16H2,1H3,(H,17,18)/t12-/m0/s1. The van der Waals surface area contributed by atoms with Crippen LogP contribution in [0, 0.1) is 5.82 Å². The Morgan fingerprint density at radius 3 is 2.94 bits per heavy atom. The molecule has 0 saturated carbocycles. The molecule has 1 atom stereocenters. The van der Waals surface area contributed by atoms with Crippen LogP contribution in [0.4, 0.5) is 4.39 Å². The number of rotatable bonds is 6. The van der Waals surface area contributed by atoms with E-state index in [4.69, 9.17) is 5.73 Å². The second-order valence-corrected chi connectivity index (χ2v) is 5.12. The quantitative estimate of drug-likeness (QED) is 0.847. The number of hydrogen-bond donors (Lipinski definition) is 2. The highest BCUT2D eigenvalue weighted by Gasteiger charge is 2.13. The third-order valence-electron chi connectivity index (χ3n) is 2.67. The van der Waals surface area contributed by atoms with Gasteiger partial charge in [-0.3, -0.25) is 4.79 Å². The molecule has 5 heteroatoms. The number of carbonyl (C=O) groups excluding carboxylic acids is 1. The van der Waals surface area contributed by atoms with Crippen LogP contribution in [0.5, 0.6) is 0 Å². The molecule has 0 aliphatic rings. The van der Waals surface area contributed by atoms with Crippen molar-refractivity contribution in [3.05, 3.63) is 34.1 Å². The number of carbonyl (C=O) groups is 1. The van der Waals surface area contributed by atoms with E-state index in [0.717, 1.165) is 17.3 Å². The van der Waals surface area contributed by atoms with Gasteiger partial charge in [-0.25, -0.2) is 4.39 Å². The summed E-state index contributed by atoms with van der Waals surface area (Å²) < 4.78 is 14.2. The number of amides is 1. The largest absolute Gasteiger partial charge is 0.351 e. The second kappa shape index (κ2) is 7.48. The normalized spacial score (nSPS) is 12.2. The zero-order valence-corrected chi connectivity index (χ0v) is 12.0. The molecule has 1 rings (SSSR count). The zero-order chi connectivity index (χ0) is 13.5. The number of halogens is 2. The number of benzene rings is 1. The molecule has 0 aliphatic heterocycles. The average Bonchev–Trinajstić information content (AvgIpc) is 2.36. The van der Waals surface area contributed by atoms with E-state index in [-0.39, 0.29) is 18.3 Å². The van der Waals surface area contributed by atoms with Gasteiger partial charge in [0.25, 0.3) is 0 Å². The smallest absolute Gasteiger partial charge is 0.237 e. The van der Waals surface area contributed by atoms with Gasteiger partial charge >= 0.3 is 0 Å². The van der Waals surface area contributed by atoms with Gasteiger partial charge in [-0.1, -0.05) is 35.7 Å². The molecule has 18 heavy (non-hydrogen) atoms. The van der Waals surface area contributed by atoms with Gasteiger partial charge in [0.1, 0.15) is 5.82 Å². The zero-order valence-electron chi connectivity index (χ0n) is 10.4. The van der Waals surface area contributed by atoms with Gasteiger partial charge in [0.15, 0.2) is 0 Å². The van der Waals surface area contributed by atoms with Crippen molar-refractivity contribution in [2.75, 3.05) is 0 Å². The minimum Gasteiger partial charge on any atom is -0.351 e. The van der Waals surface area contributed by atoms with Crippen LogP contribution in [-0.4, -0.2) is 11.9 Å². The lowest BCUT2D eigenvalue weighted by atomic mass is 10.1. The first-order chi connectivity index (χ1) is 8.54. The third-order valence-corrected chi connectivity index (χ3v) is 3.16. The van der Waals surface area contributed by atoms with E-state index in [9.17, 15) is 9.18 Å². The summed E-state index contributed by atoms with van der Waals surface area (Å²) in [6, 6.07) is 4.11. The fourth-order valence-corrected chi connectivity index (χ4v) is 1.96. The molecule has 0 saturated heterocycles. The Morgan fingerprint density at radius 2 is 2.28 bits per heavy atom. The Hall–Kier alpha value is -0.940.